The van der Waals surface area contributed by atoms with Gasteiger partial charge in [-0.1, -0.05) is 90.9 Å². The first-order valence-corrected chi connectivity index (χ1v) is 9.73. The van der Waals surface area contributed by atoms with Crippen LogP contribution >= 0.6 is 0 Å². The number of hydrogen-bond acceptors (Lipinski definition) is 1. The Hall–Kier alpha value is -3.32. The summed E-state index contributed by atoms with van der Waals surface area (Å²) in [5, 5.41) is 0. The van der Waals surface area contributed by atoms with Crippen LogP contribution in [0.15, 0.2) is 109 Å². The molecule has 0 unspecified atom stereocenters. The van der Waals surface area contributed by atoms with E-state index in [-0.39, 0.29) is 41.3 Å². The van der Waals surface area contributed by atoms with Gasteiger partial charge in [0.15, 0.2) is 0 Å². The van der Waals surface area contributed by atoms with Gasteiger partial charge in [-0.05, 0) is 55.7 Å². The van der Waals surface area contributed by atoms with Gasteiger partial charge < -0.3 is 4.90 Å². The number of benzene rings is 4. The first-order chi connectivity index (χ1) is 16.1. The van der Waals surface area contributed by atoms with Gasteiger partial charge in [0.25, 0.3) is 0 Å². The summed E-state index contributed by atoms with van der Waals surface area (Å²) in [6.45, 7) is 6.39. The molecule has 144 valence electrons. The zero-order chi connectivity index (χ0) is 24.6. The van der Waals surface area contributed by atoms with Crippen molar-refractivity contribution in [3.63, 3.8) is 0 Å². The van der Waals surface area contributed by atoms with Gasteiger partial charge >= 0.3 is 0 Å². The Labute approximate surface area is 181 Å². The summed E-state index contributed by atoms with van der Waals surface area (Å²) in [7, 11) is 0. The van der Waals surface area contributed by atoms with Crippen LogP contribution < -0.4 is 4.90 Å². The molecule has 0 fully saturated rings. The third-order valence-electron chi connectivity index (χ3n) is 4.79. The van der Waals surface area contributed by atoms with Crippen molar-refractivity contribution in [2.24, 2.45) is 0 Å². The number of nitrogens with zero attached hydrogens (tertiary/aromatic N) is 1. The average Bonchev–Trinajstić information content (AvgIpc) is 2.82. The largest absolute Gasteiger partial charge is 0.336 e. The third kappa shape index (κ3) is 4.09. The first-order valence-electron chi connectivity index (χ1n) is 12.2. The van der Waals surface area contributed by atoms with E-state index < -0.39 is 0 Å². The van der Waals surface area contributed by atoms with Crippen LogP contribution in [0.3, 0.4) is 0 Å². The van der Waals surface area contributed by atoms with Crippen LogP contribution in [0.4, 0.5) is 11.4 Å². The van der Waals surface area contributed by atoms with Crippen molar-refractivity contribution < 1.29 is 6.85 Å². The lowest BCUT2D eigenvalue weighted by Gasteiger charge is -2.39. The summed E-state index contributed by atoms with van der Waals surface area (Å²) in [5.41, 5.74) is 4.59. The highest BCUT2D eigenvalue weighted by Gasteiger charge is 2.26. The molecule has 1 heteroatoms. The lowest BCUT2D eigenvalue weighted by molar-refractivity contribution is 0.561. The molecule has 4 aromatic carbocycles. The Morgan fingerprint density at radius 1 is 0.655 bits per heavy atom. The van der Waals surface area contributed by atoms with E-state index in [0.717, 1.165) is 22.5 Å². The molecule has 0 saturated carbocycles. The van der Waals surface area contributed by atoms with E-state index in [9.17, 15) is 0 Å². The molecule has 0 heterocycles. The Balaban J connectivity index is 1.93. The molecule has 1 nitrogen and oxygen atoms in total. The maximum absolute atomic E-state index is 8.40. The molecule has 0 aromatic heterocycles. The topological polar surface area (TPSA) is 3.24 Å². The Kier molecular flexibility index (Phi) is 3.79. The average molecular weight is 383 g/mol. The maximum atomic E-state index is 8.40. The molecule has 0 aliphatic rings. The van der Waals surface area contributed by atoms with Crippen molar-refractivity contribution in [2.75, 3.05) is 4.90 Å². The zero-order valence-electron chi connectivity index (χ0n) is 22.0. The Morgan fingerprint density at radius 2 is 1.31 bits per heavy atom. The number of anilines is 2. The van der Waals surface area contributed by atoms with Crippen LogP contribution in [0.2, 0.25) is 0 Å². The standard InChI is InChI=1S/C28H27N/c1-28(2,3)29(25-18-12-17-24(21-25)22-13-6-4-7-14-22)27-20-11-10-19-26(27)23-15-8-5-9-16-23/h4-21H,1-3H3/i4D,6D,7D,13D,14D. The fourth-order valence-electron chi connectivity index (χ4n) is 3.61. The van der Waals surface area contributed by atoms with Gasteiger partial charge in [-0.3, -0.25) is 0 Å². The Morgan fingerprint density at radius 3 is 2.03 bits per heavy atom. The van der Waals surface area contributed by atoms with Crippen molar-refractivity contribution in [3.05, 3.63) is 109 Å². The molecule has 29 heavy (non-hydrogen) atoms. The normalized spacial score (nSPS) is 13.7. The monoisotopic (exact) mass is 382 g/mol. The molecule has 4 aromatic rings. The molecular formula is C28H27N. The van der Waals surface area contributed by atoms with Gasteiger partial charge in [0.05, 0.1) is 6.85 Å². The van der Waals surface area contributed by atoms with Crippen molar-refractivity contribution >= 4 is 11.4 Å². The zero-order valence-corrected chi connectivity index (χ0v) is 17.0. The highest BCUT2D eigenvalue weighted by Crippen LogP contribution is 2.40. The van der Waals surface area contributed by atoms with Crippen LogP contribution in [0.1, 0.15) is 27.6 Å². The Bertz CT molecular complexity index is 1310. The van der Waals surface area contributed by atoms with E-state index in [4.69, 9.17) is 6.85 Å². The number of rotatable bonds is 4. The van der Waals surface area contributed by atoms with Crippen molar-refractivity contribution in [2.45, 2.75) is 26.3 Å². The molecule has 0 aliphatic heterocycles. The van der Waals surface area contributed by atoms with E-state index >= 15 is 0 Å². The van der Waals surface area contributed by atoms with E-state index in [1.165, 1.54) is 0 Å². The molecule has 0 spiro atoms. The second-order valence-corrected chi connectivity index (χ2v) is 7.94. The summed E-state index contributed by atoms with van der Waals surface area (Å²) in [6.07, 6.45) is 0. The smallest absolute Gasteiger partial charge is 0.0629 e. The summed E-state index contributed by atoms with van der Waals surface area (Å²) < 4.78 is 40.8. The van der Waals surface area contributed by atoms with Crippen molar-refractivity contribution in [1.29, 1.82) is 0 Å². The molecular weight excluding hydrogens is 350 g/mol. The SMILES string of the molecule is [2H]c1c([2H])c([2H])c(-c2cccc(N(c3ccccc3-c3ccccc3)C(C)(C)C)c2)c([2H])c1[2H]. The van der Waals surface area contributed by atoms with Gasteiger partial charge in [-0.2, -0.15) is 0 Å². The minimum Gasteiger partial charge on any atom is -0.336 e. The third-order valence-corrected chi connectivity index (χ3v) is 4.79. The molecule has 0 saturated heterocycles. The molecule has 0 N–H and O–H groups in total. The minimum absolute atomic E-state index is 0.199. The molecule has 0 bridgehead atoms. The summed E-state index contributed by atoms with van der Waals surface area (Å²) >= 11 is 0. The van der Waals surface area contributed by atoms with Crippen LogP contribution in [0, 0.1) is 0 Å². The highest BCUT2D eigenvalue weighted by molar-refractivity contribution is 5.84. The molecule has 0 aliphatic carbocycles. The quantitative estimate of drug-likeness (QED) is 0.346. The van der Waals surface area contributed by atoms with E-state index in [2.05, 4.69) is 49.9 Å². The minimum atomic E-state index is -0.386. The summed E-state index contributed by atoms with van der Waals surface area (Å²) in [4.78, 5) is 2.23. The lowest BCUT2D eigenvalue weighted by Crippen LogP contribution is -2.37. The summed E-state index contributed by atoms with van der Waals surface area (Å²) in [5.74, 6) is 0. The van der Waals surface area contributed by atoms with Gasteiger partial charge in [-0.15, -0.1) is 0 Å². The van der Waals surface area contributed by atoms with Gasteiger partial charge in [0.1, 0.15) is 0 Å². The van der Waals surface area contributed by atoms with Crippen LogP contribution in [-0.4, -0.2) is 5.54 Å². The second-order valence-electron chi connectivity index (χ2n) is 7.94. The van der Waals surface area contributed by atoms with Crippen LogP contribution in [0.25, 0.3) is 22.3 Å². The second kappa shape index (κ2) is 7.97. The van der Waals surface area contributed by atoms with Crippen LogP contribution in [-0.2, 0) is 0 Å². The van der Waals surface area contributed by atoms with Crippen LogP contribution in [0.5, 0.6) is 0 Å². The van der Waals surface area contributed by atoms with Gasteiger partial charge in [0, 0.05) is 22.5 Å². The van der Waals surface area contributed by atoms with E-state index in [1.807, 2.05) is 48.5 Å². The van der Waals surface area contributed by atoms with E-state index in [1.54, 1.807) is 6.07 Å². The molecule has 0 atom stereocenters. The van der Waals surface area contributed by atoms with E-state index in [0.29, 0.717) is 5.56 Å². The number of hydrogen-bond donors (Lipinski definition) is 0. The maximum Gasteiger partial charge on any atom is 0.0629 e. The predicted octanol–water partition coefficient (Wildman–Crippen LogP) is 7.96. The summed E-state index contributed by atoms with van der Waals surface area (Å²) in [6, 6.07) is 24.6. The fourth-order valence-corrected chi connectivity index (χ4v) is 3.61. The number of para-hydroxylation sites is 1. The predicted molar refractivity (Wildman–Crippen MR) is 126 cm³/mol. The van der Waals surface area contributed by atoms with Crippen molar-refractivity contribution in [1.82, 2.24) is 0 Å². The highest BCUT2D eigenvalue weighted by atomic mass is 15.2. The van der Waals surface area contributed by atoms with Gasteiger partial charge in [-0.25, -0.2) is 0 Å². The van der Waals surface area contributed by atoms with Gasteiger partial charge in [0.2, 0.25) is 0 Å². The fraction of sp³-hybridized carbons (Fsp3) is 0.143. The molecule has 0 radical (unpaired) electrons. The van der Waals surface area contributed by atoms with Crippen molar-refractivity contribution in [3.8, 4) is 22.3 Å². The first kappa shape index (κ1) is 13.8. The molecule has 0 amide bonds. The lowest BCUT2D eigenvalue weighted by atomic mass is 9.96. The molecule has 4 rings (SSSR count).